The molecule has 2 rings (SSSR count). The molecule has 15 heavy (non-hydrogen) atoms. The van der Waals surface area contributed by atoms with Crippen molar-refractivity contribution in [2.24, 2.45) is 0 Å². The van der Waals surface area contributed by atoms with E-state index in [9.17, 15) is 4.79 Å². The van der Waals surface area contributed by atoms with Crippen molar-refractivity contribution >= 4 is 11.6 Å². The fourth-order valence-corrected chi connectivity index (χ4v) is 1.06. The fraction of sp³-hybridized carbons (Fsp3) is 0.125. The highest BCUT2D eigenvalue weighted by Gasteiger charge is 2.03. The minimum Gasteiger partial charge on any atom is -0.467 e. The average molecular weight is 207 g/mol. The minimum atomic E-state index is -0.550. The normalized spacial score (nSPS) is 10.1. The Morgan fingerprint density at radius 3 is 3.20 bits per heavy atom. The van der Waals surface area contributed by atoms with Crippen LogP contribution in [0.4, 0.5) is 11.6 Å². The number of furan rings is 1. The summed E-state index contributed by atoms with van der Waals surface area (Å²) in [7, 11) is 0. The molecule has 2 aromatic heterocycles. The minimum absolute atomic E-state index is 0.140. The predicted molar refractivity (Wildman–Crippen MR) is 53.1 cm³/mol. The quantitative estimate of drug-likeness (QED) is 0.651. The number of nitrogen functional groups attached to an aromatic ring is 1. The SMILES string of the molecule is Nc1n[nH]c(=O)nc1NCc1ccco1. The number of H-pyrrole nitrogens is 1. The number of rotatable bonds is 3. The molecule has 0 atom stereocenters. The molecule has 0 aromatic carbocycles. The molecule has 0 fully saturated rings. The second-order valence-electron chi connectivity index (χ2n) is 2.81. The Balaban J connectivity index is 2.11. The van der Waals surface area contributed by atoms with Crippen molar-refractivity contribution in [3.63, 3.8) is 0 Å². The highest BCUT2D eigenvalue weighted by molar-refractivity contribution is 5.54. The first-order chi connectivity index (χ1) is 7.25. The van der Waals surface area contributed by atoms with E-state index in [0.717, 1.165) is 5.76 Å². The number of nitrogens with two attached hydrogens (primary N) is 1. The third kappa shape index (κ3) is 2.13. The highest BCUT2D eigenvalue weighted by atomic mass is 16.3. The summed E-state index contributed by atoms with van der Waals surface area (Å²) in [5.41, 5.74) is 4.94. The van der Waals surface area contributed by atoms with Gasteiger partial charge in [-0.15, -0.1) is 5.10 Å². The summed E-state index contributed by atoms with van der Waals surface area (Å²) in [5, 5.41) is 8.54. The maximum Gasteiger partial charge on any atom is 0.363 e. The van der Waals surface area contributed by atoms with E-state index in [4.69, 9.17) is 10.2 Å². The molecule has 4 N–H and O–H groups in total. The molecule has 0 amide bonds. The maximum absolute atomic E-state index is 10.9. The Labute approximate surface area is 84.3 Å². The van der Waals surface area contributed by atoms with Crippen LogP contribution in [0, 0.1) is 0 Å². The first-order valence-corrected chi connectivity index (χ1v) is 4.24. The van der Waals surface area contributed by atoms with E-state index in [2.05, 4.69) is 20.5 Å². The van der Waals surface area contributed by atoms with Crippen LogP contribution in [-0.4, -0.2) is 15.2 Å². The van der Waals surface area contributed by atoms with Crippen molar-refractivity contribution in [1.29, 1.82) is 0 Å². The van der Waals surface area contributed by atoms with Crippen LogP contribution < -0.4 is 16.7 Å². The highest BCUT2D eigenvalue weighted by Crippen LogP contribution is 2.09. The van der Waals surface area contributed by atoms with E-state index in [1.807, 2.05) is 0 Å². The average Bonchev–Trinajstić information content (AvgIpc) is 2.72. The van der Waals surface area contributed by atoms with E-state index in [-0.39, 0.29) is 11.6 Å². The van der Waals surface area contributed by atoms with Crippen molar-refractivity contribution in [3.05, 3.63) is 34.6 Å². The van der Waals surface area contributed by atoms with Gasteiger partial charge in [0.2, 0.25) is 0 Å². The van der Waals surface area contributed by atoms with E-state index in [1.54, 1.807) is 18.4 Å². The summed E-state index contributed by atoms with van der Waals surface area (Å²) in [6, 6.07) is 3.56. The standard InChI is InChI=1S/C8H9N5O2/c9-6-7(11-8(14)13-12-6)10-4-5-2-1-3-15-5/h1-3H,4H2,(H2,9,12)(H2,10,11,13,14). The third-order valence-electron chi connectivity index (χ3n) is 1.74. The molecule has 0 saturated heterocycles. The van der Waals surface area contributed by atoms with Crippen LogP contribution in [0.25, 0.3) is 0 Å². The van der Waals surface area contributed by atoms with Gasteiger partial charge < -0.3 is 15.5 Å². The van der Waals surface area contributed by atoms with Gasteiger partial charge >= 0.3 is 5.69 Å². The number of nitrogens with one attached hydrogen (secondary N) is 2. The summed E-state index contributed by atoms with van der Waals surface area (Å²) >= 11 is 0. The van der Waals surface area contributed by atoms with Crippen molar-refractivity contribution < 1.29 is 4.42 Å². The zero-order chi connectivity index (χ0) is 10.7. The van der Waals surface area contributed by atoms with E-state index in [1.165, 1.54) is 0 Å². The van der Waals surface area contributed by atoms with E-state index >= 15 is 0 Å². The van der Waals surface area contributed by atoms with Crippen LogP contribution in [-0.2, 0) is 6.54 Å². The molecule has 0 unspecified atom stereocenters. The summed E-state index contributed by atoms with van der Waals surface area (Å²) in [6.07, 6.45) is 1.56. The van der Waals surface area contributed by atoms with Crippen molar-refractivity contribution in [1.82, 2.24) is 15.2 Å². The molecule has 0 bridgehead atoms. The van der Waals surface area contributed by atoms with Gasteiger partial charge in [0.1, 0.15) is 5.76 Å². The van der Waals surface area contributed by atoms with Crippen LogP contribution in [0.2, 0.25) is 0 Å². The van der Waals surface area contributed by atoms with Gasteiger partial charge in [0.15, 0.2) is 11.6 Å². The van der Waals surface area contributed by atoms with Gasteiger partial charge in [-0.2, -0.15) is 4.98 Å². The maximum atomic E-state index is 10.9. The lowest BCUT2D eigenvalue weighted by Gasteiger charge is -2.03. The molecule has 0 spiro atoms. The van der Waals surface area contributed by atoms with Gasteiger partial charge in [-0.25, -0.2) is 9.89 Å². The number of anilines is 2. The second kappa shape index (κ2) is 3.82. The Bertz CT molecular complexity index is 490. The lowest BCUT2D eigenvalue weighted by molar-refractivity contribution is 0.517. The van der Waals surface area contributed by atoms with Gasteiger partial charge in [0.05, 0.1) is 12.8 Å². The molecule has 0 saturated carbocycles. The van der Waals surface area contributed by atoms with E-state index in [0.29, 0.717) is 6.54 Å². The van der Waals surface area contributed by atoms with Crippen LogP contribution in [0.5, 0.6) is 0 Å². The molecular formula is C8H9N5O2. The van der Waals surface area contributed by atoms with E-state index < -0.39 is 5.69 Å². The first-order valence-electron chi connectivity index (χ1n) is 4.24. The second-order valence-corrected chi connectivity index (χ2v) is 2.81. The number of hydrogen-bond donors (Lipinski definition) is 3. The summed E-state index contributed by atoms with van der Waals surface area (Å²) < 4.78 is 5.09. The molecule has 7 heteroatoms. The molecule has 2 heterocycles. The topological polar surface area (TPSA) is 110 Å². The van der Waals surface area contributed by atoms with Crippen LogP contribution in [0.1, 0.15) is 5.76 Å². The van der Waals surface area contributed by atoms with Crippen LogP contribution in [0.3, 0.4) is 0 Å². The van der Waals surface area contributed by atoms with Crippen molar-refractivity contribution in [3.8, 4) is 0 Å². The zero-order valence-electron chi connectivity index (χ0n) is 7.73. The third-order valence-corrected chi connectivity index (χ3v) is 1.74. The lowest BCUT2D eigenvalue weighted by Crippen LogP contribution is -2.17. The number of nitrogens with zero attached hydrogens (tertiary/aromatic N) is 2. The van der Waals surface area contributed by atoms with Gasteiger partial charge in [-0.1, -0.05) is 0 Å². The van der Waals surface area contributed by atoms with Gasteiger partial charge in [0.25, 0.3) is 0 Å². The Hall–Kier alpha value is -2.31. The molecular weight excluding hydrogens is 198 g/mol. The van der Waals surface area contributed by atoms with Gasteiger partial charge in [0, 0.05) is 0 Å². The van der Waals surface area contributed by atoms with Crippen LogP contribution >= 0.6 is 0 Å². The Morgan fingerprint density at radius 1 is 1.60 bits per heavy atom. The molecule has 0 aliphatic heterocycles. The summed E-state index contributed by atoms with van der Waals surface area (Å²) in [5.74, 6) is 1.10. The Kier molecular flexibility index (Phi) is 2.36. The van der Waals surface area contributed by atoms with Crippen LogP contribution in [0.15, 0.2) is 27.6 Å². The van der Waals surface area contributed by atoms with Gasteiger partial charge in [-0.3, -0.25) is 0 Å². The van der Waals surface area contributed by atoms with Crippen molar-refractivity contribution in [2.45, 2.75) is 6.54 Å². The number of aromatic nitrogens is 3. The summed E-state index contributed by atoms with van der Waals surface area (Å²) in [6.45, 7) is 0.398. The largest absolute Gasteiger partial charge is 0.467 e. The molecule has 2 aromatic rings. The zero-order valence-corrected chi connectivity index (χ0v) is 7.73. The first kappa shape index (κ1) is 9.25. The molecule has 0 aliphatic carbocycles. The molecule has 0 radical (unpaired) electrons. The number of hydrogen-bond acceptors (Lipinski definition) is 6. The van der Waals surface area contributed by atoms with Gasteiger partial charge in [-0.05, 0) is 12.1 Å². The predicted octanol–water partition coefficient (Wildman–Crippen LogP) is -0.0478. The molecule has 78 valence electrons. The molecule has 0 aliphatic rings. The fourth-order valence-electron chi connectivity index (χ4n) is 1.06. The monoisotopic (exact) mass is 207 g/mol. The Morgan fingerprint density at radius 2 is 2.47 bits per heavy atom. The number of aromatic amines is 1. The molecule has 7 nitrogen and oxygen atoms in total. The van der Waals surface area contributed by atoms with Crippen molar-refractivity contribution in [2.75, 3.05) is 11.1 Å². The smallest absolute Gasteiger partial charge is 0.363 e. The lowest BCUT2D eigenvalue weighted by atomic mass is 10.4. The summed E-state index contributed by atoms with van der Waals surface area (Å²) in [4.78, 5) is 14.5.